The van der Waals surface area contributed by atoms with E-state index in [1.807, 2.05) is 11.3 Å². The molecule has 2 aromatic rings. The van der Waals surface area contributed by atoms with E-state index >= 15 is 0 Å². The van der Waals surface area contributed by atoms with Gasteiger partial charge < -0.3 is 5.73 Å². The Morgan fingerprint density at radius 3 is 2.69 bits per heavy atom. The van der Waals surface area contributed by atoms with Crippen LogP contribution in [0.2, 0.25) is 0 Å². The van der Waals surface area contributed by atoms with E-state index < -0.39 is 0 Å². The molecule has 16 heavy (non-hydrogen) atoms. The number of hydrogen-bond donors (Lipinski definition) is 1. The Labute approximate surface area is 100 Å². The summed E-state index contributed by atoms with van der Waals surface area (Å²) in [5.41, 5.74) is 7.84. The van der Waals surface area contributed by atoms with Crippen molar-refractivity contribution in [2.45, 2.75) is 31.1 Å². The molecular formula is C14H17NS. The number of hydrogen-bond acceptors (Lipinski definition) is 2. The Morgan fingerprint density at radius 1 is 1.19 bits per heavy atom. The van der Waals surface area contributed by atoms with Gasteiger partial charge in [0.25, 0.3) is 0 Å². The fourth-order valence-corrected chi connectivity index (χ4v) is 4.11. The quantitative estimate of drug-likeness (QED) is 0.838. The molecule has 1 aromatic carbocycles. The van der Waals surface area contributed by atoms with Crippen LogP contribution in [-0.4, -0.2) is 6.54 Å². The average Bonchev–Trinajstić information content (AvgIpc) is 2.96. The van der Waals surface area contributed by atoms with Gasteiger partial charge in [-0.1, -0.05) is 31.0 Å². The lowest BCUT2D eigenvalue weighted by molar-refractivity contribution is 0.458. The highest BCUT2D eigenvalue weighted by Crippen LogP contribution is 2.44. The zero-order valence-electron chi connectivity index (χ0n) is 9.41. The number of rotatable bonds is 2. The van der Waals surface area contributed by atoms with E-state index in [1.165, 1.54) is 41.3 Å². The van der Waals surface area contributed by atoms with Gasteiger partial charge in [-0.2, -0.15) is 0 Å². The van der Waals surface area contributed by atoms with Crippen LogP contribution in [-0.2, 0) is 5.41 Å². The number of fused-ring (bicyclic) bond motifs is 1. The van der Waals surface area contributed by atoms with Crippen LogP contribution in [0.15, 0.2) is 29.6 Å². The molecule has 2 N–H and O–H groups in total. The molecule has 1 fully saturated rings. The molecule has 0 saturated heterocycles. The summed E-state index contributed by atoms with van der Waals surface area (Å²) in [4.78, 5) is 0. The molecule has 1 nitrogen and oxygen atoms in total. The molecule has 1 saturated carbocycles. The first-order valence-corrected chi connectivity index (χ1v) is 6.90. The summed E-state index contributed by atoms with van der Waals surface area (Å²) < 4.78 is 1.40. The number of benzene rings is 1. The smallest absolute Gasteiger partial charge is 0.0345 e. The van der Waals surface area contributed by atoms with E-state index in [-0.39, 0.29) is 5.41 Å². The zero-order chi connectivity index (χ0) is 11.0. The highest BCUT2D eigenvalue weighted by Gasteiger charge is 2.35. The van der Waals surface area contributed by atoms with Crippen LogP contribution in [0.4, 0.5) is 0 Å². The van der Waals surface area contributed by atoms with Crippen molar-refractivity contribution in [3.63, 3.8) is 0 Å². The molecule has 0 radical (unpaired) electrons. The predicted octanol–water partition coefficient (Wildman–Crippen LogP) is 3.67. The van der Waals surface area contributed by atoms with Crippen LogP contribution in [0.3, 0.4) is 0 Å². The molecule has 3 rings (SSSR count). The van der Waals surface area contributed by atoms with Crippen molar-refractivity contribution < 1.29 is 0 Å². The minimum absolute atomic E-state index is 0.277. The van der Waals surface area contributed by atoms with Gasteiger partial charge in [0.1, 0.15) is 0 Å². The third-order valence-electron chi connectivity index (χ3n) is 4.00. The molecule has 0 bridgehead atoms. The molecule has 1 heterocycles. The molecular weight excluding hydrogens is 214 g/mol. The van der Waals surface area contributed by atoms with E-state index in [4.69, 9.17) is 5.73 Å². The second-order valence-corrected chi connectivity index (χ2v) is 5.75. The van der Waals surface area contributed by atoms with Crippen LogP contribution in [0.1, 0.15) is 31.2 Å². The summed E-state index contributed by atoms with van der Waals surface area (Å²) in [6, 6.07) is 8.71. The van der Waals surface area contributed by atoms with Crippen molar-refractivity contribution in [3.05, 3.63) is 35.2 Å². The molecule has 0 aliphatic heterocycles. The van der Waals surface area contributed by atoms with E-state index in [0.717, 1.165) is 6.54 Å². The van der Waals surface area contributed by atoms with Crippen molar-refractivity contribution >= 4 is 21.4 Å². The third-order valence-corrected chi connectivity index (χ3v) is 4.97. The fourth-order valence-electron chi connectivity index (χ4n) is 3.02. The maximum atomic E-state index is 6.06. The molecule has 0 atom stereocenters. The van der Waals surface area contributed by atoms with Gasteiger partial charge in [0.05, 0.1) is 0 Å². The molecule has 1 aromatic heterocycles. The summed E-state index contributed by atoms with van der Waals surface area (Å²) in [5.74, 6) is 0. The standard InChI is InChI=1S/C14H17NS/c15-10-14(7-3-4-8-14)12-9-16-13-6-2-1-5-11(12)13/h1-2,5-6,9H,3-4,7-8,10,15H2. The number of nitrogens with two attached hydrogens (primary N) is 1. The SMILES string of the molecule is NCC1(c2csc3ccccc23)CCCC1. The van der Waals surface area contributed by atoms with Crippen molar-refractivity contribution in [1.29, 1.82) is 0 Å². The number of thiophene rings is 1. The van der Waals surface area contributed by atoms with E-state index in [9.17, 15) is 0 Å². The Balaban J connectivity index is 2.17. The summed E-state index contributed by atoms with van der Waals surface area (Å²) in [6.07, 6.45) is 5.21. The molecule has 84 valence electrons. The van der Waals surface area contributed by atoms with Gasteiger partial charge in [-0.3, -0.25) is 0 Å². The van der Waals surface area contributed by atoms with Crippen molar-refractivity contribution in [3.8, 4) is 0 Å². The molecule has 0 spiro atoms. The van der Waals surface area contributed by atoms with Gasteiger partial charge in [0.15, 0.2) is 0 Å². The Morgan fingerprint density at radius 2 is 1.94 bits per heavy atom. The van der Waals surface area contributed by atoms with Crippen molar-refractivity contribution in [1.82, 2.24) is 0 Å². The maximum Gasteiger partial charge on any atom is 0.0345 e. The molecule has 1 aliphatic carbocycles. The largest absolute Gasteiger partial charge is 0.330 e. The lowest BCUT2D eigenvalue weighted by Crippen LogP contribution is -2.31. The Kier molecular flexibility index (Phi) is 2.49. The third kappa shape index (κ3) is 1.40. The maximum absolute atomic E-state index is 6.06. The van der Waals surface area contributed by atoms with Gasteiger partial charge in [-0.15, -0.1) is 11.3 Å². The summed E-state index contributed by atoms with van der Waals surface area (Å²) in [5, 5.41) is 3.77. The van der Waals surface area contributed by atoms with Gasteiger partial charge in [-0.05, 0) is 35.2 Å². The van der Waals surface area contributed by atoms with Crippen LogP contribution >= 0.6 is 11.3 Å². The summed E-state index contributed by atoms with van der Waals surface area (Å²) in [7, 11) is 0. The molecule has 2 heteroatoms. The highest BCUT2D eigenvalue weighted by atomic mass is 32.1. The zero-order valence-corrected chi connectivity index (χ0v) is 10.2. The minimum atomic E-state index is 0.277. The van der Waals surface area contributed by atoms with E-state index in [0.29, 0.717) is 0 Å². The van der Waals surface area contributed by atoms with Crippen LogP contribution in [0, 0.1) is 0 Å². The first-order valence-electron chi connectivity index (χ1n) is 6.02. The fraction of sp³-hybridized carbons (Fsp3) is 0.429. The van der Waals surface area contributed by atoms with E-state index in [2.05, 4.69) is 29.6 Å². The van der Waals surface area contributed by atoms with E-state index in [1.54, 1.807) is 0 Å². The molecule has 0 unspecified atom stereocenters. The normalized spacial score (nSPS) is 19.3. The predicted molar refractivity (Wildman–Crippen MR) is 71.0 cm³/mol. The Bertz CT molecular complexity index is 494. The van der Waals surface area contributed by atoms with Gasteiger partial charge in [0, 0.05) is 16.7 Å². The van der Waals surface area contributed by atoms with Crippen LogP contribution < -0.4 is 5.73 Å². The monoisotopic (exact) mass is 231 g/mol. The van der Waals surface area contributed by atoms with Crippen molar-refractivity contribution in [2.75, 3.05) is 6.54 Å². The lowest BCUT2D eigenvalue weighted by atomic mass is 9.79. The lowest BCUT2D eigenvalue weighted by Gasteiger charge is -2.27. The van der Waals surface area contributed by atoms with Gasteiger partial charge in [0.2, 0.25) is 0 Å². The van der Waals surface area contributed by atoms with Gasteiger partial charge >= 0.3 is 0 Å². The summed E-state index contributed by atoms with van der Waals surface area (Å²) in [6.45, 7) is 0.799. The average molecular weight is 231 g/mol. The van der Waals surface area contributed by atoms with Gasteiger partial charge in [-0.25, -0.2) is 0 Å². The second-order valence-electron chi connectivity index (χ2n) is 4.84. The minimum Gasteiger partial charge on any atom is -0.330 e. The topological polar surface area (TPSA) is 26.0 Å². The second kappa shape index (κ2) is 3.86. The first-order chi connectivity index (χ1) is 7.86. The highest BCUT2D eigenvalue weighted by molar-refractivity contribution is 7.17. The van der Waals surface area contributed by atoms with Crippen LogP contribution in [0.25, 0.3) is 10.1 Å². The molecule has 1 aliphatic rings. The Hall–Kier alpha value is -0.860. The van der Waals surface area contributed by atoms with Crippen molar-refractivity contribution in [2.24, 2.45) is 5.73 Å². The summed E-state index contributed by atoms with van der Waals surface area (Å²) >= 11 is 1.86. The first kappa shape index (κ1) is 10.3. The van der Waals surface area contributed by atoms with Crippen LogP contribution in [0.5, 0.6) is 0 Å². The molecule has 0 amide bonds.